The number of hydrogen-bond donors (Lipinski definition) is 2. The Morgan fingerprint density at radius 2 is 1.03 bits per heavy atom. The average molecular weight is 861 g/mol. The maximum absolute atomic E-state index is 12.9. The summed E-state index contributed by atoms with van der Waals surface area (Å²) in [6.45, 7) is 4.48. The molecule has 9 heteroatoms. The van der Waals surface area contributed by atoms with E-state index in [1.54, 1.807) is 6.08 Å². The largest absolute Gasteiger partial charge is 0.756 e. The molecule has 0 saturated carbocycles. The lowest BCUT2D eigenvalue weighted by atomic mass is 10.0. The SMILES string of the molecule is CC/C=C\C/C=C\C/C=C\CCCCCCCC(=O)NC(COP(=O)([O-])OCC[N+](C)(C)C)C(O)/C=C/CC/C=C/CC/C=C/CCCCCCCCCCCCCCC. The summed E-state index contributed by atoms with van der Waals surface area (Å²) in [5, 5.41) is 13.8. The first-order chi connectivity index (χ1) is 29.0. The highest BCUT2D eigenvalue weighted by atomic mass is 31.2. The quantitative estimate of drug-likeness (QED) is 0.0274. The molecule has 0 aliphatic heterocycles. The number of quaternary nitrogens is 1. The number of phosphoric acid groups is 1. The van der Waals surface area contributed by atoms with Crippen molar-refractivity contribution in [3.63, 3.8) is 0 Å². The molecule has 3 unspecified atom stereocenters. The molecule has 0 radical (unpaired) electrons. The van der Waals surface area contributed by atoms with Crippen molar-refractivity contribution in [2.24, 2.45) is 0 Å². The van der Waals surface area contributed by atoms with Crippen LogP contribution in [0.3, 0.4) is 0 Å². The van der Waals surface area contributed by atoms with E-state index in [1.165, 1.54) is 89.9 Å². The van der Waals surface area contributed by atoms with E-state index in [-0.39, 0.29) is 12.5 Å². The predicted molar refractivity (Wildman–Crippen MR) is 256 cm³/mol. The maximum atomic E-state index is 12.9. The summed E-state index contributed by atoms with van der Waals surface area (Å²) in [5.41, 5.74) is 0. The first-order valence-corrected chi connectivity index (χ1v) is 25.8. The number of carbonyl (C=O) groups is 1. The molecule has 0 aliphatic carbocycles. The Bertz CT molecular complexity index is 1200. The Labute approximate surface area is 370 Å². The monoisotopic (exact) mass is 861 g/mol. The van der Waals surface area contributed by atoms with Gasteiger partial charge in [0.15, 0.2) is 0 Å². The highest BCUT2D eigenvalue weighted by molar-refractivity contribution is 7.45. The van der Waals surface area contributed by atoms with Crippen molar-refractivity contribution in [3.05, 3.63) is 72.9 Å². The minimum Gasteiger partial charge on any atom is -0.756 e. The number of allylic oxidation sites excluding steroid dienone is 11. The summed E-state index contributed by atoms with van der Waals surface area (Å²) in [6, 6.07) is -0.922. The van der Waals surface area contributed by atoms with E-state index in [4.69, 9.17) is 9.05 Å². The van der Waals surface area contributed by atoms with Gasteiger partial charge in [-0.25, -0.2) is 0 Å². The lowest BCUT2D eigenvalue weighted by Gasteiger charge is -2.29. The van der Waals surface area contributed by atoms with Gasteiger partial charge >= 0.3 is 0 Å². The number of phosphoric ester groups is 1. The molecule has 0 spiro atoms. The van der Waals surface area contributed by atoms with Crippen molar-refractivity contribution < 1.29 is 32.9 Å². The van der Waals surface area contributed by atoms with Gasteiger partial charge in [-0.15, -0.1) is 0 Å². The van der Waals surface area contributed by atoms with Crippen LogP contribution in [0.15, 0.2) is 72.9 Å². The van der Waals surface area contributed by atoms with Crippen LogP contribution in [0.25, 0.3) is 0 Å². The van der Waals surface area contributed by atoms with Gasteiger partial charge in [0.05, 0.1) is 39.9 Å². The summed E-state index contributed by atoms with van der Waals surface area (Å²) in [5.74, 6) is -0.231. The van der Waals surface area contributed by atoms with Crippen molar-refractivity contribution in [3.8, 4) is 0 Å². The molecule has 60 heavy (non-hydrogen) atoms. The van der Waals surface area contributed by atoms with Crippen molar-refractivity contribution in [1.82, 2.24) is 5.32 Å². The van der Waals surface area contributed by atoms with Crippen LogP contribution in [0, 0.1) is 0 Å². The molecule has 0 aromatic carbocycles. The lowest BCUT2D eigenvalue weighted by molar-refractivity contribution is -0.870. The number of nitrogens with one attached hydrogen (secondary N) is 1. The number of nitrogens with zero attached hydrogens (tertiary/aromatic N) is 1. The third kappa shape index (κ3) is 44.0. The zero-order valence-corrected chi connectivity index (χ0v) is 40.3. The van der Waals surface area contributed by atoms with Crippen LogP contribution in [0.5, 0.6) is 0 Å². The Morgan fingerprint density at radius 1 is 0.600 bits per heavy atom. The van der Waals surface area contributed by atoms with Crippen LogP contribution in [-0.4, -0.2) is 68.5 Å². The van der Waals surface area contributed by atoms with Gasteiger partial charge in [0, 0.05) is 6.42 Å². The van der Waals surface area contributed by atoms with Crippen molar-refractivity contribution >= 4 is 13.7 Å². The van der Waals surface area contributed by atoms with Crippen LogP contribution in [0.1, 0.15) is 194 Å². The van der Waals surface area contributed by atoms with Crippen LogP contribution in [0.4, 0.5) is 0 Å². The molecule has 0 aliphatic rings. The molecule has 2 N–H and O–H groups in total. The molecule has 8 nitrogen and oxygen atoms in total. The fourth-order valence-corrected chi connectivity index (χ4v) is 7.27. The zero-order valence-electron chi connectivity index (χ0n) is 39.4. The highest BCUT2D eigenvalue weighted by Gasteiger charge is 2.23. The Morgan fingerprint density at radius 3 is 1.55 bits per heavy atom. The Kier molecular flexibility index (Phi) is 40.8. The van der Waals surface area contributed by atoms with E-state index in [1.807, 2.05) is 27.2 Å². The third-order valence-electron chi connectivity index (χ3n) is 10.4. The van der Waals surface area contributed by atoms with Gasteiger partial charge in [-0.2, -0.15) is 0 Å². The molecular weight excluding hydrogens is 768 g/mol. The summed E-state index contributed by atoms with van der Waals surface area (Å²) < 4.78 is 23.2. The van der Waals surface area contributed by atoms with Gasteiger partial charge in [-0.05, 0) is 77.0 Å². The summed E-state index contributed by atoms with van der Waals surface area (Å²) >= 11 is 0. The number of hydrogen-bond acceptors (Lipinski definition) is 6. The number of likely N-dealkylation sites (N-methyl/N-ethyl adjacent to an activating group) is 1. The second kappa shape index (κ2) is 42.3. The molecule has 0 saturated heterocycles. The van der Waals surface area contributed by atoms with Gasteiger partial charge in [0.2, 0.25) is 5.91 Å². The minimum atomic E-state index is -4.61. The molecule has 0 bridgehead atoms. The minimum absolute atomic E-state index is 0.0160. The van der Waals surface area contributed by atoms with E-state index < -0.39 is 26.6 Å². The van der Waals surface area contributed by atoms with E-state index in [0.29, 0.717) is 17.4 Å². The molecule has 348 valence electrons. The van der Waals surface area contributed by atoms with Crippen LogP contribution in [-0.2, 0) is 18.4 Å². The number of unbranched alkanes of at least 4 members (excludes halogenated alkanes) is 20. The number of rotatable bonds is 43. The molecule has 0 rings (SSSR count). The number of aliphatic hydroxyl groups excluding tert-OH is 1. The molecule has 0 fully saturated rings. The van der Waals surface area contributed by atoms with Crippen LogP contribution >= 0.6 is 7.82 Å². The normalized spacial score (nSPS) is 14.8. The van der Waals surface area contributed by atoms with Gasteiger partial charge in [0.25, 0.3) is 7.82 Å². The highest BCUT2D eigenvalue weighted by Crippen LogP contribution is 2.38. The fraction of sp³-hybridized carbons (Fsp3) is 0.745. The summed E-state index contributed by atoms with van der Waals surface area (Å²) in [4.78, 5) is 25.3. The fourth-order valence-electron chi connectivity index (χ4n) is 6.55. The van der Waals surface area contributed by atoms with Crippen molar-refractivity contribution in [1.29, 1.82) is 0 Å². The number of aliphatic hydroxyl groups is 1. The average Bonchev–Trinajstić information content (AvgIpc) is 3.20. The van der Waals surface area contributed by atoms with Crippen molar-refractivity contribution in [2.45, 2.75) is 206 Å². The maximum Gasteiger partial charge on any atom is 0.268 e. The predicted octanol–water partition coefficient (Wildman–Crippen LogP) is 13.3. The van der Waals surface area contributed by atoms with E-state index in [9.17, 15) is 19.4 Å². The van der Waals surface area contributed by atoms with Crippen LogP contribution < -0.4 is 10.2 Å². The second-order valence-corrected chi connectivity index (χ2v) is 18.8. The molecular formula is C51H93N2O6P. The molecule has 0 aromatic rings. The van der Waals surface area contributed by atoms with Gasteiger partial charge < -0.3 is 28.8 Å². The molecule has 1 amide bonds. The smallest absolute Gasteiger partial charge is 0.268 e. The summed E-state index contributed by atoms with van der Waals surface area (Å²) in [7, 11) is 1.21. The number of amides is 1. The third-order valence-corrected chi connectivity index (χ3v) is 11.3. The molecule has 3 atom stereocenters. The van der Waals surface area contributed by atoms with Gasteiger partial charge in [-0.3, -0.25) is 9.36 Å². The van der Waals surface area contributed by atoms with E-state index >= 15 is 0 Å². The van der Waals surface area contributed by atoms with E-state index in [0.717, 1.165) is 83.5 Å². The van der Waals surface area contributed by atoms with E-state index in [2.05, 4.69) is 79.9 Å². The Balaban J connectivity index is 4.44. The topological polar surface area (TPSA) is 108 Å². The lowest BCUT2D eigenvalue weighted by Crippen LogP contribution is -2.45. The second-order valence-electron chi connectivity index (χ2n) is 17.4. The number of carbonyl (C=O) groups excluding carboxylic acids is 1. The van der Waals surface area contributed by atoms with Gasteiger partial charge in [-0.1, -0.05) is 183 Å². The van der Waals surface area contributed by atoms with Crippen LogP contribution in [0.2, 0.25) is 0 Å². The first kappa shape index (κ1) is 57.9. The molecule has 0 heterocycles. The first-order valence-electron chi connectivity index (χ1n) is 24.3. The zero-order chi connectivity index (χ0) is 44.3. The standard InChI is InChI=1S/C51H93N2O6P/c1-6-8-10-12-14-16-18-20-22-23-24-25-26-27-28-29-31-32-34-36-38-40-42-44-50(54)49(48-59-60(56,57)58-47-46-53(3,4)5)52-51(55)45-43-41-39-37-35-33-30-21-19-17-15-13-11-9-7-2/h9,11,15,17,21,28-30,34,36,42,44,49-50,54H,6-8,10,12-14,16,18-20,22-27,31-33,35,37-41,43,45-48H2,1-5H3,(H-,52,55,56,57)/b11-9-,17-15-,29-28+,30-21-,36-34+,44-42+. The van der Waals surface area contributed by atoms with Crippen molar-refractivity contribution in [2.75, 3.05) is 40.9 Å². The molecule has 0 aromatic heterocycles. The summed E-state index contributed by atoms with van der Waals surface area (Å²) in [6.07, 6.45) is 56.8. The van der Waals surface area contributed by atoms with Gasteiger partial charge in [0.1, 0.15) is 13.2 Å². The Hall–Kier alpha value is -2.06.